The normalized spacial score (nSPS) is 14.9. The molecule has 0 amide bonds. The fourth-order valence-corrected chi connectivity index (χ4v) is 0.857. The van der Waals surface area contributed by atoms with Gasteiger partial charge in [-0.05, 0) is 25.5 Å². The quantitative estimate of drug-likeness (QED) is 0.467. The van der Waals surface area contributed by atoms with Crippen LogP contribution >= 0.6 is 0 Å². The van der Waals surface area contributed by atoms with Gasteiger partial charge in [0.2, 0.25) is 0 Å². The molecule has 0 aliphatic heterocycles. The minimum Gasteiger partial charge on any atom is -0.497 e. The molecule has 76 valence electrons. The van der Waals surface area contributed by atoms with Gasteiger partial charge in [-0.25, -0.2) is 0 Å². The monoisotopic (exact) mass is 184 g/mol. The SMILES string of the molecule is CCC/C=C\C(=C/C(C)OC)OC. The maximum absolute atomic E-state index is 5.16. The first-order chi connectivity index (χ1) is 6.24. The van der Waals surface area contributed by atoms with E-state index in [-0.39, 0.29) is 6.10 Å². The van der Waals surface area contributed by atoms with E-state index >= 15 is 0 Å². The Kier molecular flexibility index (Phi) is 7.41. The van der Waals surface area contributed by atoms with Gasteiger partial charge in [0.1, 0.15) is 5.76 Å². The molecule has 0 aromatic carbocycles. The van der Waals surface area contributed by atoms with Gasteiger partial charge in [-0.3, -0.25) is 0 Å². The van der Waals surface area contributed by atoms with Crippen molar-refractivity contribution in [3.63, 3.8) is 0 Å². The van der Waals surface area contributed by atoms with Crippen LogP contribution in [0.3, 0.4) is 0 Å². The van der Waals surface area contributed by atoms with Crippen LogP contribution in [0.4, 0.5) is 0 Å². The van der Waals surface area contributed by atoms with Crippen molar-refractivity contribution in [2.45, 2.75) is 32.8 Å². The van der Waals surface area contributed by atoms with E-state index in [1.165, 1.54) is 0 Å². The summed E-state index contributed by atoms with van der Waals surface area (Å²) in [7, 11) is 3.36. The van der Waals surface area contributed by atoms with Gasteiger partial charge in [-0.15, -0.1) is 0 Å². The molecule has 0 aromatic rings. The molecule has 0 aliphatic rings. The first kappa shape index (κ1) is 12.2. The Morgan fingerprint density at radius 2 is 2.08 bits per heavy atom. The number of unbranched alkanes of at least 4 members (excludes halogenated alkanes) is 1. The second-order valence-corrected chi connectivity index (χ2v) is 2.91. The van der Waals surface area contributed by atoms with Crippen molar-refractivity contribution < 1.29 is 9.47 Å². The highest BCUT2D eigenvalue weighted by Gasteiger charge is 1.96. The Labute approximate surface area is 81.2 Å². The fraction of sp³-hybridized carbons (Fsp3) is 0.636. The summed E-state index contributed by atoms with van der Waals surface area (Å²) >= 11 is 0. The molecule has 1 unspecified atom stereocenters. The van der Waals surface area contributed by atoms with E-state index in [2.05, 4.69) is 13.0 Å². The third kappa shape index (κ3) is 6.41. The number of allylic oxidation sites excluding steroid dienone is 2. The Hall–Kier alpha value is -0.760. The maximum atomic E-state index is 5.16. The van der Waals surface area contributed by atoms with Gasteiger partial charge in [0.05, 0.1) is 13.2 Å². The summed E-state index contributed by atoms with van der Waals surface area (Å²) in [6, 6.07) is 0. The molecule has 0 aromatic heterocycles. The molecule has 0 rings (SSSR count). The van der Waals surface area contributed by atoms with Crippen molar-refractivity contribution >= 4 is 0 Å². The number of rotatable bonds is 6. The summed E-state index contributed by atoms with van der Waals surface area (Å²) in [6.45, 7) is 4.13. The molecule has 0 spiro atoms. The highest BCUT2D eigenvalue weighted by molar-refractivity contribution is 5.13. The summed E-state index contributed by atoms with van der Waals surface area (Å²) in [4.78, 5) is 0. The molecule has 0 saturated carbocycles. The van der Waals surface area contributed by atoms with Crippen LogP contribution < -0.4 is 0 Å². The Balaban J connectivity index is 4.08. The van der Waals surface area contributed by atoms with E-state index in [4.69, 9.17) is 9.47 Å². The number of ether oxygens (including phenoxy) is 2. The predicted molar refractivity (Wildman–Crippen MR) is 55.6 cm³/mol. The highest BCUT2D eigenvalue weighted by atomic mass is 16.5. The molecule has 0 aliphatic carbocycles. The van der Waals surface area contributed by atoms with Gasteiger partial charge in [0, 0.05) is 7.11 Å². The lowest BCUT2D eigenvalue weighted by atomic mass is 10.2. The van der Waals surface area contributed by atoms with Crippen molar-refractivity contribution in [2.24, 2.45) is 0 Å². The average Bonchev–Trinajstić information content (AvgIpc) is 2.16. The molecule has 2 heteroatoms. The fourth-order valence-electron chi connectivity index (χ4n) is 0.857. The van der Waals surface area contributed by atoms with Crippen molar-refractivity contribution in [3.05, 3.63) is 24.0 Å². The van der Waals surface area contributed by atoms with Crippen LogP contribution in [0.1, 0.15) is 26.7 Å². The predicted octanol–water partition coefficient (Wildman–Crippen LogP) is 2.91. The largest absolute Gasteiger partial charge is 0.497 e. The van der Waals surface area contributed by atoms with Crippen LogP contribution in [0.5, 0.6) is 0 Å². The molecule has 0 heterocycles. The van der Waals surface area contributed by atoms with E-state index in [9.17, 15) is 0 Å². The lowest BCUT2D eigenvalue weighted by Gasteiger charge is -2.05. The van der Waals surface area contributed by atoms with Gasteiger partial charge in [0.25, 0.3) is 0 Å². The smallest absolute Gasteiger partial charge is 0.117 e. The minimum absolute atomic E-state index is 0.0984. The van der Waals surface area contributed by atoms with Gasteiger partial charge < -0.3 is 9.47 Å². The topological polar surface area (TPSA) is 18.5 Å². The zero-order valence-electron chi connectivity index (χ0n) is 9.04. The van der Waals surface area contributed by atoms with E-state index in [1.807, 2.05) is 19.1 Å². The van der Waals surface area contributed by atoms with Crippen molar-refractivity contribution in [1.29, 1.82) is 0 Å². The zero-order chi connectivity index (χ0) is 10.1. The summed E-state index contributed by atoms with van der Waals surface area (Å²) in [6.07, 6.45) is 8.39. The van der Waals surface area contributed by atoms with Crippen LogP contribution in [0.15, 0.2) is 24.0 Å². The lowest BCUT2D eigenvalue weighted by molar-refractivity contribution is 0.151. The van der Waals surface area contributed by atoms with Crippen LogP contribution in [0, 0.1) is 0 Å². The molecule has 13 heavy (non-hydrogen) atoms. The minimum atomic E-state index is 0.0984. The molecule has 1 atom stereocenters. The summed E-state index contributed by atoms with van der Waals surface area (Å²) < 4.78 is 10.3. The van der Waals surface area contributed by atoms with Crippen molar-refractivity contribution in [2.75, 3.05) is 14.2 Å². The lowest BCUT2D eigenvalue weighted by Crippen LogP contribution is -2.01. The summed E-state index contributed by atoms with van der Waals surface area (Å²) in [5.74, 6) is 0.864. The molecule has 0 radical (unpaired) electrons. The van der Waals surface area contributed by atoms with E-state index in [0.29, 0.717) is 0 Å². The average molecular weight is 184 g/mol. The number of methoxy groups -OCH3 is 2. The molecule has 0 bridgehead atoms. The highest BCUT2D eigenvalue weighted by Crippen LogP contribution is 2.03. The van der Waals surface area contributed by atoms with Gasteiger partial charge in [-0.2, -0.15) is 0 Å². The van der Waals surface area contributed by atoms with Crippen LogP contribution in [-0.4, -0.2) is 20.3 Å². The van der Waals surface area contributed by atoms with Crippen LogP contribution in [0.2, 0.25) is 0 Å². The number of hydrogen-bond donors (Lipinski definition) is 0. The second kappa shape index (κ2) is 7.87. The van der Waals surface area contributed by atoms with Crippen molar-refractivity contribution in [1.82, 2.24) is 0 Å². The van der Waals surface area contributed by atoms with Crippen LogP contribution in [-0.2, 0) is 9.47 Å². The first-order valence-electron chi connectivity index (χ1n) is 4.69. The van der Waals surface area contributed by atoms with E-state index in [1.54, 1.807) is 14.2 Å². The van der Waals surface area contributed by atoms with Gasteiger partial charge in [-0.1, -0.05) is 19.4 Å². The molecule has 0 N–H and O–H groups in total. The Morgan fingerprint density at radius 3 is 2.54 bits per heavy atom. The Bertz CT molecular complexity index is 171. The molecule has 0 saturated heterocycles. The third-order valence-electron chi connectivity index (χ3n) is 1.74. The first-order valence-corrected chi connectivity index (χ1v) is 4.69. The molecular weight excluding hydrogens is 164 g/mol. The molecule has 2 nitrogen and oxygen atoms in total. The summed E-state index contributed by atoms with van der Waals surface area (Å²) in [5.41, 5.74) is 0. The van der Waals surface area contributed by atoms with E-state index < -0.39 is 0 Å². The maximum Gasteiger partial charge on any atom is 0.117 e. The number of hydrogen-bond acceptors (Lipinski definition) is 2. The van der Waals surface area contributed by atoms with Crippen LogP contribution in [0.25, 0.3) is 0 Å². The molecular formula is C11H20O2. The Morgan fingerprint density at radius 1 is 1.38 bits per heavy atom. The van der Waals surface area contributed by atoms with Gasteiger partial charge >= 0.3 is 0 Å². The second-order valence-electron chi connectivity index (χ2n) is 2.91. The molecule has 0 fully saturated rings. The van der Waals surface area contributed by atoms with Crippen molar-refractivity contribution in [3.8, 4) is 0 Å². The third-order valence-corrected chi connectivity index (χ3v) is 1.74. The zero-order valence-corrected chi connectivity index (χ0v) is 9.04. The van der Waals surface area contributed by atoms with Gasteiger partial charge in [0.15, 0.2) is 0 Å². The standard InChI is InChI=1S/C11H20O2/c1-5-6-7-8-11(13-4)9-10(2)12-3/h7-10H,5-6H2,1-4H3/b8-7-,11-9+. The van der Waals surface area contributed by atoms with E-state index in [0.717, 1.165) is 18.6 Å². The summed E-state index contributed by atoms with van der Waals surface area (Å²) in [5, 5.41) is 0.